The van der Waals surface area contributed by atoms with Crippen LogP contribution in [0.4, 0.5) is 11.4 Å². The van der Waals surface area contributed by atoms with Crippen molar-refractivity contribution in [3.63, 3.8) is 0 Å². The van der Waals surface area contributed by atoms with Gasteiger partial charge < -0.3 is 11.5 Å². The van der Waals surface area contributed by atoms with E-state index in [-0.39, 0.29) is 0 Å². The maximum Gasteiger partial charge on any atom is 0.0994 e. The molecule has 0 spiro atoms. The standard InChI is InChI=1S/C20H16N4/c21-15-9-3-1-7-13(15)19-20(14-8-2-4-10-16(14)22)24-18-12-6-5-11-17(18)23-19/h1-12H,21-22H2. The van der Waals surface area contributed by atoms with Crippen molar-refractivity contribution in [3.05, 3.63) is 72.8 Å². The lowest BCUT2D eigenvalue weighted by Gasteiger charge is -2.13. The number of hydrogen-bond donors (Lipinski definition) is 2. The van der Waals surface area contributed by atoms with Gasteiger partial charge in [-0.1, -0.05) is 48.5 Å². The van der Waals surface area contributed by atoms with E-state index >= 15 is 0 Å². The first kappa shape index (κ1) is 14.2. The number of benzene rings is 3. The lowest BCUT2D eigenvalue weighted by atomic mass is 10.0. The third-order valence-corrected chi connectivity index (χ3v) is 4.00. The second-order valence-electron chi connectivity index (χ2n) is 5.58. The Morgan fingerprint density at radius 1 is 0.500 bits per heavy atom. The van der Waals surface area contributed by atoms with E-state index in [1.807, 2.05) is 72.8 Å². The molecule has 1 aromatic heterocycles. The highest BCUT2D eigenvalue weighted by atomic mass is 14.8. The average Bonchev–Trinajstić information content (AvgIpc) is 2.62. The van der Waals surface area contributed by atoms with Gasteiger partial charge in [-0.05, 0) is 24.3 Å². The largest absolute Gasteiger partial charge is 0.398 e. The summed E-state index contributed by atoms with van der Waals surface area (Å²) >= 11 is 0. The third-order valence-electron chi connectivity index (χ3n) is 4.00. The summed E-state index contributed by atoms with van der Waals surface area (Å²) in [4.78, 5) is 9.65. The minimum Gasteiger partial charge on any atom is -0.398 e. The zero-order valence-electron chi connectivity index (χ0n) is 13.0. The number of para-hydroxylation sites is 4. The minimum atomic E-state index is 0.665. The normalized spacial score (nSPS) is 10.8. The van der Waals surface area contributed by atoms with Crippen LogP contribution in [0.25, 0.3) is 33.5 Å². The first-order valence-electron chi connectivity index (χ1n) is 7.70. The molecule has 116 valence electrons. The molecule has 4 N–H and O–H groups in total. The Labute approximate surface area is 139 Å². The zero-order chi connectivity index (χ0) is 16.5. The van der Waals surface area contributed by atoms with Crippen molar-refractivity contribution in [2.45, 2.75) is 0 Å². The minimum absolute atomic E-state index is 0.665. The van der Waals surface area contributed by atoms with Gasteiger partial charge in [0.1, 0.15) is 0 Å². The van der Waals surface area contributed by atoms with Crippen LogP contribution in [-0.4, -0.2) is 9.97 Å². The van der Waals surface area contributed by atoms with Gasteiger partial charge in [-0.15, -0.1) is 0 Å². The fourth-order valence-electron chi connectivity index (χ4n) is 2.80. The molecule has 0 amide bonds. The summed E-state index contributed by atoms with van der Waals surface area (Å²) in [7, 11) is 0. The van der Waals surface area contributed by atoms with Crippen molar-refractivity contribution in [1.82, 2.24) is 9.97 Å². The molecule has 0 atom stereocenters. The van der Waals surface area contributed by atoms with Crippen molar-refractivity contribution in [2.75, 3.05) is 11.5 Å². The molecule has 0 aliphatic carbocycles. The molecular formula is C20H16N4. The van der Waals surface area contributed by atoms with Crippen LogP contribution in [0.3, 0.4) is 0 Å². The number of nitrogens with two attached hydrogens (primary N) is 2. The van der Waals surface area contributed by atoms with Crippen LogP contribution in [0.5, 0.6) is 0 Å². The first-order chi connectivity index (χ1) is 11.7. The van der Waals surface area contributed by atoms with Gasteiger partial charge in [0.05, 0.1) is 22.4 Å². The van der Waals surface area contributed by atoms with Crippen LogP contribution < -0.4 is 11.5 Å². The van der Waals surface area contributed by atoms with Crippen LogP contribution in [0.15, 0.2) is 72.8 Å². The van der Waals surface area contributed by atoms with Crippen LogP contribution in [0.1, 0.15) is 0 Å². The summed E-state index contributed by atoms with van der Waals surface area (Å²) in [5.41, 5.74) is 18.5. The van der Waals surface area contributed by atoms with E-state index in [0.29, 0.717) is 11.4 Å². The molecule has 1 heterocycles. The smallest absolute Gasteiger partial charge is 0.0994 e. The molecule has 3 aromatic carbocycles. The van der Waals surface area contributed by atoms with Crippen LogP contribution in [-0.2, 0) is 0 Å². The molecule has 0 saturated heterocycles. The Kier molecular flexibility index (Phi) is 3.35. The Morgan fingerprint density at radius 3 is 1.29 bits per heavy atom. The predicted molar refractivity (Wildman–Crippen MR) is 99.2 cm³/mol. The van der Waals surface area contributed by atoms with Crippen molar-refractivity contribution in [1.29, 1.82) is 0 Å². The average molecular weight is 312 g/mol. The second kappa shape index (κ2) is 5.66. The number of nitrogen functional groups attached to an aromatic ring is 2. The van der Waals surface area contributed by atoms with Crippen LogP contribution in [0, 0.1) is 0 Å². The molecule has 4 aromatic rings. The van der Waals surface area contributed by atoms with Gasteiger partial charge in [-0.2, -0.15) is 0 Å². The van der Waals surface area contributed by atoms with Gasteiger partial charge in [-0.25, -0.2) is 9.97 Å². The molecule has 0 unspecified atom stereocenters. The van der Waals surface area contributed by atoms with Crippen LogP contribution in [0.2, 0.25) is 0 Å². The summed E-state index contributed by atoms with van der Waals surface area (Å²) in [6, 6.07) is 23.1. The highest BCUT2D eigenvalue weighted by molar-refractivity contribution is 5.92. The van der Waals surface area contributed by atoms with E-state index in [1.165, 1.54) is 0 Å². The Hall–Kier alpha value is -3.40. The Morgan fingerprint density at radius 2 is 0.875 bits per heavy atom. The monoisotopic (exact) mass is 312 g/mol. The predicted octanol–water partition coefficient (Wildman–Crippen LogP) is 4.13. The molecule has 4 rings (SSSR count). The highest BCUT2D eigenvalue weighted by Crippen LogP contribution is 2.35. The van der Waals surface area contributed by atoms with E-state index in [0.717, 1.165) is 33.5 Å². The Bertz CT molecular complexity index is 956. The number of nitrogens with zero attached hydrogens (tertiary/aromatic N) is 2. The highest BCUT2D eigenvalue weighted by Gasteiger charge is 2.16. The number of fused-ring (bicyclic) bond motifs is 1. The molecule has 0 bridgehead atoms. The van der Waals surface area contributed by atoms with Gasteiger partial charge in [0.25, 0.3) is 0 Å². The van der Waals surface area contributed by atoms with E-state index in [2.05, 4.69) is 0 Å². The maximum atomic E-state index is 6.18. The fourth-order valence-corrected chi connectivity index (χ4v) is 2.80. The van der Waals surface area contributed by atoms with Gasteiger partial charge in [0.15, 0.2) is 0 Å². The maximum absolute atomic E-state index is 6.18. The Balaban J connectivity index is 2.09. The van der Waals surface area contributed by atoms with Crippen molar-refractivity contribution in [2.24, 2.45) is 0 Å². The topological polar surface area (TPSA) is 77.8 Å². The lowest BCUT2D eigenvalue weighted by Crippen LogP contribution is -2.00. The van der Waals surface area contributed by atoms with Gasteiger partial charge in [0, 0.05) is 22.5 Å². The van der Waals surface area contributed by atoms with Crippen LogP contribution >= 0.6 is 0 Å². The lowest BCUT2D eigenvalue weighted by molar-refractivity contribution is 1.29. The van der Waals surface area contributed by atoms with Gasteiger partial charge in [-0.3, -0.25) is 0 Å². The summed E-state index contributed by atoms with van der Waals surface area (Å²) in [6.45, 7) is 0. The quantitative estimate of drug-likeness (QED) is 0.546. The zero-order valence-corrected chi connectivity index (χ0v) is 13.0. The molecule has 0 radical (unpaired) electrons. The summed E-state index contributed by atoms with van der Waals surface area (Å²) in [5, 5.41) is 0. The fraction of sp³-hybridized carbons (Fsp3) is 0. The third kappa shape index (κ3) is 2.34. The van der Waals surface area contributed by atoms with Crippen molar-refractivity contribution >= 4 is 22.4 Å². The van der Waals surface area contributed by atoms with E-state index < -0.39 is 0 Å². The molecule has 0 fully saturated rings. The van der Waals surface area contributed by atoms with E-state index in [9.17, 15) is 0 Å². The molecule has 24 heavy (non-hydrogen) atoms. The summed E-state index contributed by atoms with van der Waals surface area (Å²) in [5.74, 6) is 0. The SMILES string of the molecule is Nc1ccccc1-c1nc2ccccc2nc1-c1ccccc1N. The summed E-state index contributed by atoms with van der Waals surface area (Å²) < 4.78 is 0. The van der Waals surface area contributed by atoms with E-state index in [1.54, 1.807) is 0 Å². The number of rotatable bonds is 2. The first-order valence-corrected chi connectivity index (χ1v) is 7.70. The number of anilines is 2. The van der Waals surface area contributed by atoms with Crippen molar-refractivity contribution in [3.8, 4) is 22.5 Å². The number of hydrogen-bond acceptors (Lipinski definition) is 4. The second-order valence-corrected chi connectivity index (χ2v) is 5.58. The van der Waals surface area contributed by atoms with E-state index in [4.69, 9.17) is 21.4 Å². The molecular weight excluding hydrogens is 296 g/mol. The van der Waals surface area contributed by atoms with Gasteiger partial charge >= 0.3 is 0 Å². The molecule has 0 aliphatic heterocycles. The molecule has 4 heteroatoms. The van der Waals surface area contributed by atoms with Crippen molar-refractivity contribution < 1.29 is 0 Å². The summed E-state index contributed by atoms with van der Waals surface area (Å²) in [6.07, 6.45) is 0. The molecule has 0 aliphatic rings. The number of aromatic nitrogens is 2. The van der Waals surface area contributed by atoms with Gasteiger partial charge in [0.2, 0.25) is 0 Å². The molecule has 0 saturated carbocycles. The molecule has 4 nitrogen and oxygen atoms in total.